The van der Waals surface area contributed by atoms with E-state index in [0.29, 0.717) is 12.8 Å². The number of imidazole rings is 1. The van der Waals surface area contributed by atoms with Gasteiger partial charge in [-0.3, -0.25) is 4.84 Å². The van der Waals surface area contributed by atoms with Gasteiger partial charge in [0, 0.05) is 12.4 Å². The largest absolute Gasteiger partial charge is 0.479 e. The van der Waals surface area contributed by atoms with Crippen LogP contribution in [0.2, 0.25) is 0 Å². The van der Waals surface area contributed by atoms with E-state index in [4.69, 9.17) is 11.0 Å². The molecule has 1 aromatic carbocycles. The second kappa shape index (κ2) is 9.00. The summed E-state index contributed by atoms with van der Waals surface area (Å²) in [5.74, 6) is 3.97. The first-order valence-corrected chi connectivity index (χ1v) is 7.88. The minimum atomic E-state index is -1.04. The number of nitrogens with two attached hydrogens (primary N) is 1. The number of hydrogen-bond acceptors (Lipinski definition) is 4. The van der Waals surface area contributed by atoms with Crippen molar-refractivity contribution in [3.63, 3.8) is 0 Å². The molecule has 0 saturated carbocycles. The van der Waals surface area contributed by atoms with Crippen molar-refractivity contribution in [3.8, 4) is 0 Å². The Balaban J connectivity index is 2.08. The number of allylic oxidation sites excluding steroid dienone is 2. The highest BCUT2D eigenvalue weighted by molar-refractivity contribution is 5.72. The fourth-order valence-corrected chi connectivity index (χ4v) is 2.64. The number of aromatic nitrogens is 2. The Morgan fingerprint density at radius 3 is 2.75 bits per heavy atom. The van der Waals surface area contributed by atoms with Gasteiger partial charge in [0.2, 0.25) is 0 Å². The average molecular weight is 329 g/mol. The monoisotopic (exact) mass is 329 g/mol. The average Bonchev–Trinajstić information content (AvgIpc) is 3.11. The topological polar surface area (TPSA) is 90.4 Å². The lowest BCUT2D eigenvalue weighted by Crippen LogP contribution is -2.26. The van der Waals surface area contributed by atoms with Gasteiger partial charge in [-0.2, -0.15) is 0 Å². The molecule has 0 bridgehead atoms. The smallest absolute Gasteiger partial charge is 0.334 e. The van der Waals surface area contributed by atoms with Gasteiger partial charge in [0.25, 0.3) is 0 Å². The van der Waals surface area contributed by atoms with E-state index in [0.717, 1.165) is 12.0 Å². The predicted molar refractivity (Wildman–Crippen MR) is 91.1 cm³/mol. The molecule has 0 saturated heterocycles. The third kappa shape index (κ3) is 5.04. The molecular formula is C18H23N3O3. The van der Waals surface area contributed by atoms with Crippen LogP contribution in [0.1, 0.15) is 31.4 Å². The fourth-order valence-electron chi connectivity index (χ4n) is 2.64. The Labute approximate surface area is 141 Å². The van der Waals surface area contributed by atoms with E-state index in [1.807, 2.05) is 37.4 Å². The Kier molecular flexibility index (Phi) is 6.72. The number of carboxylic acids is 1. The molecule has 128 valence electrons. The molecule has 6 heteroatoms. The SMILES string of the molecule is C/C(=C/CCC(ON)C(=O)O)C(Cc1ccccc1)n1ccnc1. The number of benzene rings is 1. The number of nitrogens with zero attached hydrogens (tertiary/aromatic N) is 2. The highest BCUT2D eigenvalue weighted by Gasteiger charge is 2.17. The maximum Gasteiger partial charge on any atom is 0.334 e. The van der Waals surface area contributed by atoms with Crippen LogP contribution in [0.4, 0.5) is 0 Å². The van der Waals surface area contributed by atoms with Gasteiger partial charge in [-0.25, -0.2) is 15.7 Å². The van der Waals surface area contributed by atoms with E-state index in [-0.39, 0.29) is 6.04 Å². The number of carbonyl (C=O) groups is 1. The van der Waals surface area contributed by atoms with Crippen LogP contribution in [0.5, 0.6) is 0 Å². The maximum atomic E-state index is 10.9. The molecular weight excluding hydrogens is 306 g/mol. The zero-order chi connectivity index (χ0) is 17.4. The van der Waals surface area contributed by atoms with Crippen molar-refractivity contribution in [2.75, 3.05) is 0 Å². The third-order valence-corrected chi connectivity index (χ3v) is 4.02. The molecule has 1 heterocycles. The standard InChI is InChI=1S/C18H23N3O3/c1-14(6-5-9-17(24-19)18(22)23)16(21-11-10-20-13-21)12-15-7-3-2-4-8-15/h2-4,6-8,10-11,13,16-17H,5,9,12,19H2,1H3,(H,22,23)/b14-6-. The van der Waals surface area contributed by atoms with Crippen LogP contribution in [0.15, 0.2) is 60.7 Å². The lowest BCUT2D eigenvalue weighted by atomic mass is 9.98. The Morgan fingerprint density at radius 2 is 2.17 bits per heavy atom. The molecule has 2 rings (SSSR count). The molecule has 0 aliphatic carbocycles. The molecule has 6 nitrogen and oxygen atoms in total. The molecule has 0 radical (unpaired) electrons. The number of hydrogen-bond donors (Lipinski definition) is 2. The molecule has 2 unspecified atom stereocenters. The number of rotatable bonds is 9. The zero-order valence-corrected chi connectivity index (χ0v) is 13.7. The van der Waals surface area contributed by atoms with Crippen molar-refractivity contribution in [3.05, 3.63) is 66.3 Å². The molecule has 0 aliphatic rings. The summed E-state index contributed by atoms with van der Waals surface area (Å²) in [5.41, 5.74) is 2.38. The second-order valence-corrected chi connectivity index (χ2v) is 5.70. The van der Waals surface area contributed by atoms with Gasteiger partial charge in [0.05, 0.1) is 12.4 Å². The van der Waals surface area contributed by atoms with E-state index >= 15 is 0 Å². The van der Waals surface area contributed by atoms with Crippen LogP contribution in [0, 0.1) is 0 Å². The van der Waals surface area contributed by atoms with Gasteiger partial charge >= 0.3 is 5.97 Å². The van der Waals surface area contributed by atoms with Crippen molar-refractivity contribution >= 4 is 5.97 Å². The summed E-state index contributed by atoms with van der Waals surface area (Å²) >= 11 is 0. The maximum absolute atomic E-state index is 10.9. The first kappa shape index (κ1) is 17.9. The highest BCUT2D eigenvalue weighted by Crippen LogP contribution is 2.23. The normalized spacial score (nSPS) is 14.3. The first-order chi connectivity index (χ1) is 11.6. The van der Waals surface area contributed by atoms with Crippen molar-refractivity contribution in [2.24, 2.45) is 5.90 Å². The summed E-state index contributed by atoms with van der Waals surface area (Å²) in [4.78, 5) is 19.5. The predicted octanol–water partition coefficient (Wildman–Crippen LogP) is 2.74. The zero-order valence-electron chi connectivity index (χ0n) is 13.7. The minimum Gasteiger partial charge on any atom is -0.479 e. The van der Waals surface area contributed by atoms with Gasteiger partial charge in [0.15, 0.2) is 6.10 Å². The molecule has 2 atom stereocenters. The lowest BCUT2D eigenvalue weighted by Gasteiger charge is -2.20. The molecule has 0 fully saturated rings. The summed E-state index contributed by atoms with van der Waals surface area (Å²) < 4.78 is 2.06. The van der Waals surface area contributed by atoms with E-state index in [1.165, 1.54) is 5.56 Å². The van der Waals surface area contributed by atoms with Crippen LogP contribution in [0.25, 0.3) is 0 Å². The van der Waals surface area contributed by atoms with Crippen LogP contribution in [-0.2, 0) is 16.1 Å². The molecule has 2 aromatic rings. The van der Waals surface area contributed by atoms with Gasteiger partial charge in [-0.15, -0.1) is 0 Å². The fraction of sp³-hybridized carbons (Fsp3) is 0.333. The number of carboxylic acid groups (broad SMARTS) is 1. The third-order valence-electron chi connectivity index (χ3n) is 4.02. The molecule has 0 aliphatic heterocycles. The molecule has 24 heavy (non-hydrogen) atoms. The van der Waals surface area contributed by atoms with Crippen LogP contribution >= 0.6 is 0 Å². The van der Waals surface area contributed by atoms with Crippen LogP contribution in [-0.4, -0.2) is 26.7 Å². The van der Waals surface area contributed by atoms with E-state index in [9.17, 15) is 4.79 Å². The van der Waals surface area contributed by atoms with Crippen molar-refractivity contribution < 1.29 is 14.7 Å². The Morgan fingerprint density at radius 1 is 1.42 bits per heavy atom. The molecule has 1 aromatic heterocycles. The second-order valence-electron chi connectivity index (χ2n) is 5.70. The van der Waals surface area contributed by atoms with Crippen molar-refractivity contribution in [1.82, 2.24) is 9.55 Å². The van der Waals surface area contributed by atoms with E-state index in [1.54, 1.807) is 12.5 Å². The van der Waals surface area contributed by atoms with Gasteiger partial charge in [-0.05, 0) is 31.7 Å². The Hall–Kier alpha value is -2.44. The molecule has 0 amide bonds. The molecule has 0 spiro atoms. The molecule has 3 N–H and O–H groups in total. The van der Waals surface area contributed by atoms with Crippen LogP contribution in [0.3, 0.4) is 0 Å². The summed E-state index contributed by atoms with van der Waals surface area (Å²) in [6.45, 7) is 2.05. The lowest BCUT2D eigenvalue weighted by molar-refractivity contribution is -0.151. The summed E-state index contributed by atoms with van der Waals surface area (Å²) in [6, 6.07) is 10.4. The summed E-state index contributed by atoms with van der Waals surface area (Å²) in [5, 5.41) is 8.95. The summed E-state index contributed by atoms with van der Waals surface area (Å²) in [7, 11) is 0. The van der Waals surface area contributed by atoms with Gasteiger partial charge in [0.1, 0.15) is 0 Å². The minimum absolute atomic E-state index is 0.136. The van der Waals surface area contributed by atoms with Crippen molar-refractivity contribution in [1.29, 1.82) is 0 Å². The number of aliphatic carboxylic acids is 1. The van der Waals surface area contributed by atoms with Crippen molar-refractivity contribution in [2.45, 2.75) is 38.3 Å². The quantitative estimate of drug-likeness (QED) is 0.545. The Bertz CT molecular complexity index is 653. The van der Waals surface area contributed by atoms with Gasteiger partial charge in [-0.1, -0.05) is 42.0 Å². The van der Waals surface area contributed by atoms with Gasteiger partial charge < -0.3 is 9.67 Å². The van der Waals surface area contributed by atoms with E-state index < -0.39 is 12.1 Å². The highest BCUT2D eigenvalue weighted by atomic mass is 16.6. The first-order valence-electron chi connectivity index (χ1n) is 7.88. The summed E-state index contributed by atoms with van der Waals surface area (Å²) in [6.07, 6.45) is 8.33. The van der Waals surface area contributed by atoms with Crippen LogP contribution < -0.4 is 5.90 Å². The van der Waals surface area contributed by atoms with E-state index in [2.05, 4.69) is 26.5 Å².